The molecule has 2 heterocycles. The molecule has 0 aromatic heterocycles. The Balaban J connectivity index is 1.51. The van der Waals surface area contributed by atoms with E-state index in [2.05, 4.69) is 0 Å². The molecule has 1 N–H and O–H groups in total. The van der Waals surface area contributed by atoms with Crippen LogP contribution in [0.3, 0.4) is 0 Å². The summed E-state index contributed by atoms with van der Waals surface area (Å²) in [6.45, 7) is 6.48. The lowest BCUT2D eigenvalue weighted by Gasteiger charge is -2.43. The molecule has 2 aliphatic rings. The van der Waals surface area contributed by atoms with Gasteiger partial charge in [0.15, 0.2) is 0 Å². The molecule has 8 heteroatoms. The third kappa shape index (κ3) is 7.18. The zero-order chi connectivity index (χ0) is 26.6. The zero-order valence-electron chi connectivity index (χ0n) is 21.6. The van der Waals surface area contributed by atoms with E-state index in [0.717, 1.165) is 40.3 Å². The summed E-state index contributed by atoms with van der Waals surface area (Å²) in [7, 11) is 0. The number of aliphatic hydroxyl groups excluding tert-OH is 1. The molecule has 4 rings (SSSR count). The quantitative estimate of drug-likeness (QED) is 0.517. The molecule has 200 valence electrons. The molecule has 0 radical (unpaired) electrons. The average Bonchev–Trinajstić information content (AvgIpc) is 2.88. The number of carbonyl (C=O) groups is 2. The van der Waals surface area contributed by atoms with Gasteiger partial charge in [-0.05, 0) is 80.5 Å². The molecule has 2 saturated heterocycles. The first-order chi connectivity index (χ1) is 17.6. The predicted octanol–water partition coefficient (Wildman–Crippen LogP) is 5.21. The highest BCUT2D eigenvalue weighted by Gasteiger charge is 2.41. The number of benzene rings is 2. The van der Waals surface area contributed by atoms with E-state index in [1.807, 2.05) is 47.9 Å². The highest BCUT2D eigenvalue weighted by Crippen LogP contribution is 2.37. The molecular weight excluding hydrogens is 511 g/mol. The van der Waals surface area contributed by atoms with E-state index >= 15 is 0 Å². The molecule has 37 heavy (non-hydrogen) atoms. The van der Waals surface area contributed by atoms with Crippen molar-refractivity contribution in [2.75, 3.05) is 32.8 Å². The second kappa shape index (κ2) is 12.1. The summed E-state index contributed by atoms with van der Waals surface area (Å²) in [4.78, 5) is 30.4. The van der Waals surface area contributed by atoms with Gasteiger partial charge < -0.3 is 19.6 Å². The molecule has 2 aliphatic heterocycles. The van der Waals surface area contributed by atoms with Crippen molar-refractivity contribution in [3.8, 4) is 5.75 Å². The number of halogens is 2. The molecule has 0 aliphatic carbocycles. The maximum absolute atomic E-state index is 13.4. The number of hydrogen-bond acceptors (Lipinski definition) is 4. The van der Waals surface area contributed by atoms with E-state index in [-0.39, 0.29) is 17.9 Å². The van der Waals surface area contributed by atoms with Crippen molar-refractivity contribution in [3.63, 3.8) is 0 Å². The van der Waals surface area contributed by atoms with Gasteiger partial charge in [-0.15, -0.1) is 0 Å². The summed E-state index contributed by atoms with van der Waals surface area (Å²) in [5.41, 5.74) is 2.30. The lowest BCUT2D eigenvalue weighted by atomic mass is 9.77. The van der Waals surface area contributed by atoms with Crippen LogP contribution in [0.4, 0.5) is 0 Å². The number of amides is 2. The summed E-state index contributed by atoms with van der Waals surface area (Å²) in [6, 6.07) is 11.2. The van der Waals surface area contributed by atoms with E-state index in [4.69, 9.17) is 27.9 Å². The molecule has 2 aromatic rings. The van der Waals surface area contributed by atoms with E-state index in [1.54, 1.807) is 12.1 Å². The van der Waals surface area contributed by atoms with Crippen LogP contribution in [0.15, 0.2) is 36.4 Å². The van der Waals surface area contributed by atoms with Crippen molar-refractivity contribution in [1.29, 1.82) is 0 Å². The van der Waals surface area contributed by atoms with E-state index in [0.29, 0.717) is 63.5 Å². The highest BCUT2D eigenvalue weighted by atomic mass is 35.5. The first kappa shape index (κ1) is 27.7. The summed E-state index contributed by atoms with van der Waals surface area (Å²) >= 11 is 12.3. The van der Waals surface area contributed by atoms with Gasteiger partial charge in [-0.25, -0.2) is 0 Å². The Bertz CT molecular complexity index is 1090. The smallest absolute Gasteiger partial charge is 0.227 e. The van der Waals surface area contributed by atoms with Crippen LogP contribution < -0.4 is 4.74 Å². The normalized spacial score (nSPS) is 20.7. The lowest BCUT2D eigenvalue weighted by molar-refractivity contribution is -0.142. The maximum Gasteiger partial charge on any atom is 0.227 e. The third-order valence-corrected chi connectivity index (χ3v) is 8.43. The Labute approximate surface area is 229 Å². The van der Waals surface area contributed by atoms with Crippen LogP contribution in [0.25, 0.3) is 0 Å². The van der Waals surface area contributed by atoms with Crippen LogP contribution in [0.2, 0.25) is 10.0 Å². The van der Waals surface area contributed by atoms with Crippen LogP contribution >= 0.6 is 23.2 Å². The van der Waals surface area contributed by atoms with Crippen LogP contribution in [0, 0.1) is 19.3 Å². The molecule has 2 fully saturated rings. The van der Waals surface area contributed by atoms with Crippen molar-refractivity contribution in [2.24, 2.45) is 5.41 Å². The number of aliphatic hydroxyl groups is 1. The van der Waals surface area contributed by atoms with Gasteiger partial charge in [0.1, 0.15) is 5.75 Å². The Morgan fingerprint density at radius 2 is 1.65 bits per heavy atom. The number of carbonyl (C=O) groups excluding carboxylic acids is 2. The number of ether oxygens (including phenoxy) is 1. The number of rotatable bonds is 7. The van der Waals surface area contributed by atoms with Crippen molar-refractivity contribution in [1.82, 2.24) is 9.80 Å². The minimum absolute atomic E-state index is 0.0399. The van der Waals surface area contributed by atoms with Crippen LogP contribution in [-0.2, 0) is 16.0 Å². The van der Waals surface area contributed by atoms with Gasteiger partial charge in [-0.3, -0.25) is 9.59 Å². The number of nitrogens with zero attached hydrogens (tertiary/aromatic N) is 2. The zero-order valence-corrected chi connectivity index (χ0v) is 23.2. The van der Waals surface area contributed by atoms with Gasteiger partial charge in [0, 0.05) is 48.1 Å². The largest absolute Gasteiger partial charge is 0.493 e. The second-order valence-corrected chi connectivity index (χ2v) is 11.5. The van der Waals surface area contributed by atoms with Crippen LogP contribution in [0.1, 0.15) is 48.8 Å². The Morgan fingerprint density at radius 3 is 2.30 bits per heavy atom. The summed E-state index contributed by atoms with van der Waals surface area (Å²) in [5.74, 6) is 0.820. The van der Waals surface area contributed by atoms with Crippen LogP contribution in [0.5, 0.6) is 5.75 Å². The fourth-order valence-corrected chi connectivity index (χ4v) is 5.63. The maximum atomic E-state index is 13.4. The second-order valence-electron chi connectivity index (χ2n) is 10.7. The predicted molar refractivity (Wildman–Crippen MR) is 146 cm³/mol. The number of aryl methyl sites for hydroxylation is 2. The van der Waals surface area contributed by atoms with Gasteiger partial charge >= 0.3 is 0 Å². The average molecular weight is 548 g/mol. The molecule has 2 aromatic carbocycles. The lowest BCUT2D eigenvalue weighted by Crippen LogP contribution is -2.52. The SMILES string of the molecule is Cc1cc(OC[C@]2(CC(=O)N3CCC(O)CC3)CCCN(C(=O)Cc3ccc(Cl)cc3)C2)cc(C)c1Cl. The molecule has 6 nitrogen and oxygen atoms in total. The van der Waals surface area contributed by atoms with Gasteiger partial charge in [0.2, 0.25) is 11.8 Å². The van der Waals surface area contributed by atoms with E-state index in [1.165, 1.54) is 0 Å². The minimum Gasteiger partial charge on any atom is -0.493 e. The van der Waals surface area contributed by atoms with Gasteiger partial charge in [-0.2, -0.15) is 0 Å². The highest BCUT2D eigenvalue weighted by molar-refractivity contribution is 6.32. The fourth-order valence-electron chi connectivity index (χ4n) is 5.40. The summed E-state index contributed by atoms with van der Waals surface area (Å²) in [5, 5.41) is 11.2. The van der Waals surface area contributed by atoms with Gasteiger partial charge in [-0.1, -0.05) is 35.3 Å². The fraction of sp³-hybridized carbons (Fsp3) is 0.517. The molecule has 2 amide bonds. The van der Waals surface area contributed by atoms with Crippen molar-refractivity contribution in [2.45, 2.75) is 58.5 Å². The number of hydrogen-bond donors (Lipinski definition) is 1. The summed E-state index contributed by atoms with van der Waals surface area (Å²) in [6.07, 6.45) is 3.06. The van der Waals surface area contributed by atoms with Gasteiger partial charge in [0.25, 0.3) is 0 Å². The topological polar surface area (TPSA) is 70.1 Å². The first-order valence-corrected chi connectivity index (χ1v) is 13.8. The minimum atomic E-state index is -0.498. The Hall–Kier alpha value is -2.28. The monoisotopic (exact) mass is 546 g/mol. The molecular formula is C29H36Cl2N2O4. The first-order valence-electron chi connectivity index (χ1n) is 13.0. The van der Waals surface area contributed by atoms with Crippen molar-refractivity contribution in [3.05, 3.63) is 63.1 Å². The molecule has 1 atom stereocenters. The van der Waals surface area contributed by atoms with Crippen molar-refractivity contribution >= 4 is 35.0 Å². The molecule has 0 saturated carbocycles. The molecule has 0 unspecified atom stereocenters. The van der Waals surface area contributed by atoms with Gasteiger partial charge in [0.05, 0.1) is 19.1 Å². The van der Waals surface area contributed by atoms with E-state index in [9.17, 15) is 14.7 Å². The Morgan fingerprint density at radius 1 is 1.00 bits per heavy atom. The van der Waals surface area contributed by atoms with E-state index < -0.39 is 5.41 Å². The number of piperidine rings is 2. The summed E-state index contributed by atoms with van der Waals surface area (Å²) < 4.78 is 6.31. The molecule has 0 spiro atoms. The standard InChI is InChI=1S/C29H36Cl2N2O4/c1-20-14-25(15-21(2)28(20)31)37-19-29(17-27(36)32-12-8-24(34)9-13-32)10-3-11-33(18-29)26(35)16-22-4-6-23(30)7-5-22/h4-7,14-15,24,34H,3,8-13,16-19H2,1-2H3/t29-/m0/s1. The van der Waals surface area contributed by atoms with Crippen LogP contribution in [-0.4, -0.2) is 65.6 Å². The third-order valence-electron chi connectivity index (χ3n) is 7.58. The van der Waals surface area contributed by atoms with Crippen molar-refractivity contribution < 1.29 is 19.4 Å². The number of likely N-dealkylation sites (tertiary alicyclic amines) is 2. The molecule has 0 bridgehead atoms. The Kier molecular flexibility index (Phi) is 9.04.